The average Bonchev–Trinajstić information content (AvgIpc) is 2.75. The normalized spacial score (nSPS) is 12.3. The van der Waals surface area contributed by atoms with Crippen molar-refractivity contribution in [2.24, 2.45) is 0 Å². The van der Waals surface area contributed by atoms with Crippen LogP contribution in [-0.4, -0.2) is 22.1 Å². The fraction of sp³-hybridized carbons (Fsp3) is 0.261. The third-order valence-electron chi connectivity index (χ3n) is 4.93. The van der Waals surface area contributed by atoms with Crippen LogP contribution in [0.4, 0.5) is 11.5 Å². The van der Waals surface area contributed by atoms with Gasteiger partial charge in [-0.15, -0.1) is 0 Å². The Hall–Kier alpha value is -3.06. The number of ether oxygens (including phenoxy) is 1. The number of hydrogen-bond donors (Lipinski definition) is 1. The number of nitrogens with one attached hydrogen (secondary N) is 2. The molecule has 1 heterocycles. The predicted molar refractivity (Wildman–Crippen MR) is 119 cm³/mol. The second kappa shape index (κ2) is 9.17. The van der Waals surface area contributed by atoms with Crippen LogP contribution in [0.25, 0.3) is 0 Å². The maximum absolute atomic E-state index is 13.1. The lowest BCUT2D eigenvalue weighted by molar-refractivity contribution is -0.364. The summed E-state index contributed by atoms with van der Waals surface area (Å²) in [7, 11) is -2.01. The molecule has 2 N–H and O–H groups in total. The minimum atomic E-state index is -3.66. The van der Waals surface area contributed by atoms with E-state index in [1.807, 2.05) is 51.1 Å². The van der Waals surface area contributed by atoms with Crippen molar-refractivity contribution in [3.05, 3.63) is 78.0 Å². The molecule has 0 saturated heterocycles. The monoisotopic (exact) mass is 426 g/mol. The third kappa shape index (κ3) is 4.57. The average molecular weight is 427 g/mol. The number of aromatic nitrogens is 1. The molecule has 1 aromatic heterocycles. The number of sulfonamides is 1. The molecule has 3 aromatic rings. The van der Waals surface area contributed by atoms with Gasteiger partial charge in [0.15, 0.2) is 0 Å². The van der Waals surface area contributed by atoms with Gasteiger partial charge in [-0.1, -0.05) is 29.8 Å². The molecule has 0 unspecified atom stereocenters. The molecule has 0 radical (unpaired) electrons. The maximum atomic E-state index is 13.1. The lowest BCUT2D eigenvalue weighted by Crippen LogP contribution is -2.31. The first-order valence-corrected chi connectivity index (χ1v) is 11.3. The molecule has 1 atom stereocenters. The van der Waals surface area contributed by atoms with Gasteiger partial charge in [-0.25, -0.2) is 13.4 Å². The number of hydrogen-bond acceptors (Lipinski definition) is 4. The van der Waals surface area contributed by atoms with Gasteiger partial charge in [-0.05, 0) is 51.1 Å². The van der Waals surface area contributed by atoms with E-state index in [-0.39, 0.29) is 10.9 Å². The van der Waals surface area contributed by atoms with Crippen LogP contribution in [0.15, 0.2) is 71.8 Å². The number of nitrogens with zero attached hydrogens (tertiary/aromatic N) is 1. The van der Waals surface area contributed by atoms with Gasteiger partial charge in [0, 0.05) is 18.2 Å². The quantitative estimate of drug-likeness (QED) is 0.586. The van der Waals surface area contributed by atoms with E-state index >= 15 is 0 Å². The van der Waals surface area contributed by atoms with Gasteiger partial charge in [-0.3, -0.25) is 9.62 Å². The largest absolute Gasteiger partial charge is 0.496 e. The van der Waals surface area contributed by atoms with Crippen molar-refractivity contribution in [2.75, 3.05) is 23.3 Å². The van der Waals surface area contributed by atoms with Crippen LogP contribution >= 0.6 is 0 Å². The van der Waals surface area contributed by atoms with Crippen molar-refractivity contribution < 1.29 is 18.1 Å². The Morgan fingerprint density at radius 2 is 1.83 bits per heavy atom. The minimum absolute atomic E-state index is 0.0324. The fourth-order valence-electron chi connectivity index (χ4n) is 3.38. The van der Waals surface area contributed by atoms with Gasteiger partial charge in [0.2, 0.25) is 0 Å². The first-order valence-electron chi connectivity index (χ1n) is 9.87. The van der Waals surface area contributed by atoms with Crippen molar-refractivity contribution in [3.8, 4) is 5.75 Å². The maximum Gasteiger partial charge on any atom is 0.272 e. The summed E-state index contributed by atoms with van der Waals surface area (Å²) < 4.78 is 33.1. The van der Waals surface area contributed by atoms with E-state index < -0.39 is 10.0 Å². The van der Waals surface area contributed by atoms with Crippen molar-refractivity contribution in [1.29, 1.82) is 0 Å². The van der Waals surface area contributed by atoms with Crippen molar-refractivity contribution in [1.82, 2.24) is 0 Å². The highest BCUT2D eigenvalue weighted by atomic mass is 32.2. The van der Waals surface area contributed by atoms with Crippen LogP contribution in [-0.2, 0) is 10.0 Å². The molecule has 6 nitrogen and oxygen atoms in total. The topological polar surface area (TPSA) is 72.8 Å². The van der Waals surface area contributed by atoms with E-state index in [9.17, 15) is 8.42 Å². The molecule has 0 amide bonds. The SMILES string of the molecule is CCN(c1ccccc1)S(=O)(=O)c1ccc(N[C@@H](C)c2cc(C)ccc2OC)[nH+]c1. The molecule has 0 spiro atoms. The molecule has 0 saturated carbocycles. The zero-order valence-electron chi connectivity index (χ0n) is 17.7. The molecule has 3 rings (SSSR count). The number of H-pyrrole nitrogens is 1. The summed E-state index contributed by atoms with van der Waals surface area (Å²) in [6.07, 6.45) is 1.52. The summed E-state index contributed by atoms with van der Waals surface area (Å²) >= 11 is 0. The fourth-order valence-corrected chi connectivity index (χ4v) is 4.82. The molecule has 30 heavy (non-hydrogen) atoms. The van der Waals surface area contributed by atoms with Crippen LogP contribution in [0.1, 0.15) is 31.0 Å². The Bertz CT molecular complexity index is 1080. The van der Waals surface area contributed by atoms with E-state index in [1.165, 1.54) is 10.5 Å². The number of para-hydroxylation sites is 1. The molecule has 0 aliphatic heterocycles. The summed E-state index contributed by atoms with van der Waals surface area (Å²) in [4.78, 5) is 3.28. The molecule has 0 aliphatic rings. The zero-order chi connectivity index (χ0) is 21.7. The Kier molecular flexibility index (Phi) is 6.62. The highest BCUT2D eigenvalue weighted by Crippen LogP contribution is 2.28. The molecule has 2 aromatic carbocycles. The predicted octanol–water partition coefficient (Wildman–Crippen LogP) is 4.21. The van der Waals surface area contributed by atoms with Gasteiger partial charge in [0.05, 0.1) is 12.8 Å². The highest BCUT2D eigenvalue weighted by molar-refractivity contribution is 7.92. The first kappa shape index (κ1) is 21.6. The molecular weight excluding hydrogens is 398 g/mol. The van der Waals surface area contributed by atoms with E-state index in [2.05, 4.69) is 16.4 Å². The molecule has 158 valence electrons. The van der Waals surface area contributed by atoms with Crippen molar-refractivity contribution in [2.45, 2.75) is 31.7 Å². The first-order chi connectivity index (χ1) is 14.4. The number of aryl methyl sites for hydroxylation is 1. The van der Waals surface area contributed by atoms with Gasteiger partial charge in [0.25, 0.3) is 15.8 Å². The number of anilines is 2. The summed E-state index contributed by atoms with van der Waals surface area (Å²) in [6, 6.07) is 18.4. The summed E-state index contributed by atoms with van der Waals surface area (Å²) in [5.41, 5.74) is 2.82. The third-order valence-corrected chi connectivity index (χ3v) is 6.83. The van der Waals surface area contributed by atoms with Gasteiger partial charge >= 0.3 is 0 Å². The number of benzene rings is 2. The number of pyridine rings is 1. The molecular formula is C23H28N3O3S+. The van der Waals surface area contributed by atoms with Crippen LogP contribution in [0.5, 0.6) is 5.75 Å². The summed E-state index contributed by atoms with van der Waals surface area (Å²) in [5.74, 6) is 1.52. The van der Waals surface area contributed by atoms with Crippen LogP contribution in [0, 0.1) is 6.92 Å². The smallest absolute Gasteiger partial charge is 0.272 e. The van der Waals surface area contributed by atoms with Gasteiger partial charge in [-0.2, -0.15) is 0 Å². The zero-order valence-corrected chi connectivity index (χ0v) is 18.5. The Labute approximate surface area is 178 Å². The van der Waals surface area contributed by atoms with Crippen molar-refractivity contribution in [3.63, 3.8) is 0 Å². The Morgan fingerprint density at radius 3 is 2.43 bits per heavy atom. The van der Waals surface area contributed by atoms with Crippen LogP contribution in [0.2, 0.25) is 0 Å². The number of aromatic amines is 1. The second-order valence-electron chi connectivity index (χ2n) is 7.05. The van der Waals surface area contributed by atoms with Crippen LogP contribution < -0.4 is 19.3 Å². The number of methoxy groups -OCH3 is 1. The van der Waals surface area contributed by atoms with E-state index in [0.717, 1.165) is 16.9 Å². The Balaban J connectivity index is 1.82. The summed E-state index contributed by atoms with van der Waals surface area (Å²) in [6.45, 7) is 6.23. The van der Waals surface area contributed by atoms with Gasteiger partial charge in [0.1, 0.15) is 22.9 Å². The lowest BCUT2D eigenvalue weighted by atomic mass is 10.0. The van der Waals surface area contributed by atoms with Crippen molar-refractivity contribution >= 4 is 21.5 Å². The highest BCUT2D eigenvalue weighted by Gasteiger charge is 2.25. The molecule has 7 heteroatoms. The summed E-state index contributed by atoms with van der Waals surface area (Å²) in [5, 5.41) is 3.37. The standard InChI is InChI=1S/C23H27N3O3S/c1-5-26(19-9-7-6-8-10-19)30(27,28)20-12-14-23(24-16-20)25-18(3)21-15-17(2)11-13-22(21)29-4/h6-16,18H,5H2,1-4H3,(H,24,25)/p+1/t18-/m0/s1. The Morgan fingerprint density at radius 1 is 1.10 bits per heavy atom. The molecule has 0 bridgehead atoms. The minimum Gasteiger partial charge on any atom is -0.496 e. The second-order valence-corrected chi connectivity index (χ2v) is 8.92. The van der Waals surface area contributed by atoms with E-state index in [1.54, 1.807) is 31.4 Å². The lowest BCUT2D eigenvalue weighted by Gasteiger charge is -2.22. The number of rotatable bonds is 8. The molecule has 0 fully saturated rings. The van der Waals surface area contributed by atoms with Gasteiger partial charge < -0.3 is 4.74 Å². The van der Waals surface area contributed by atoms with E-state index in [0.29, 0.717) is 18.1 Å². The molecule has 0 aliphatic carbocycles. The van der Waals surface area contributed by atoms with Crippen LogP contribution in [0.3, 0.4) is 0 Å². The van der Waals surface area contributed by atoms with E-state index in [4.69, 9.17) is 4.74 Å².